The third-order valence-electron chi connectivity index (χ3n) is 4.50. The van der Waals surface area contributed by atoms with Crippen LogP contribution < -0.4 is 14.8 Å². The molecule has 31 heavy (non-hydrogen) atoms. The van der Waals surface area contributed by atoms with Gasteiger partial charge in [0.1, 0.15) is 0 Å². The van der Waals surface area contributed by atoms with E-state index in [4.69, 9.17) is 14.2 Å². The lowest BCUT2D eigenvalue weighted by molar-refractivity contribution is 0.0475. The number of carbonyl (C=O) groups is 3. The van der Waals surface area contributed by atoms with Gasteiger partial charge in [0.25, 0.3) is 5.91 Å². The normalized spacial score (nSPS) is 10.3. The Morgan fingerprint density at radius 1 is 0.968 bits per heavy atom. The lowest BCUT2D eigenvalue weighted by Gasteiger charge is -2.11. The molecule has 2 aromatic carbocycles. The largest absolute Gasteiger partial charge is 0.493 e. The van der Waals surface area contributed by atoms with Gasteiger partial charge in [0, 0.05) is 5.56 Å². The number of Topliss-reactive ketones (excluding diaryl/α,β-unsaturated/α-hetero) is 1. The van der Waals surface area contributed by atoms with Gasteiger partial charge < -0.3 is 19.5 Å². The van der Waals surface area contributed by atoms with Crippen LogP contribution in [0.1, 0.15) is 36.0 Å². The third kappa shape index (κ3) is 5.10. The third-order valence-corrected chi connectivity index (χ3v) is 5.52. The summed E-state index contributed by atoms with van der Waals surface area (Å²) in [5.41, 5.74) is 1.64. The van der Waals surface area contributed by atoms with E-state index < -0.39 is 18.4 Å². The molecule has 1 heterocycles. The number of rotatable bonds is 8. The maximum atomic E-state index is 12.6. The Labute approximate surface area is 183 Å². The minimum Gasteiger partial charge on any atom is -0.493 e. The number of nitrogens with one attached hydrogen (secondary N) is 1. The van der Waals surface area contributed by atoms with E-state index in [0.29, 0.717) is 27.6 Å². The Balaban J connectivity index is 1.69. The second-order valence-corrected chi connectivity index (χ2v) is 7.42. The Hall–Kier alpha value is -3.65. The van der Waals surface area contributed by atoms with Crippen molar-refractivity contribution in [2.45, 2.75) is 6.92 Å². The Morgan fingerprint density at radius 2 is 1.71 bits per heavy atom. The zero-order valence-electron chi connectivity index (χ0n) is 17.3. The van der Waals surface area contributed by atoms with Gasteiger partial charge in [-0.3, -0.25) is 9.59 Å². The number of amides is 1. The summed E-state index contributed by atoms with van der Waals surface area (Å²) in [5, 5.41) is 4.56. The van der Waals surface area contributed by atoms with Crippen LogP contribution in [-0.4, -0.2) is 38.5 Å². The number of ether oxygens (including phenoxy) is 3. The van der Waals surface area contributed by atoms with E-state index in [1.54, 1.807) is 30.3 Å². The highest BCUT2D eigenvalue weighted by atomic mass is 32.1. The zero-order chi connectivity index (χ0) is 22.4. The Bertz CT molecular complexity index is 1120. The van der Waals surface area contributed by atoms with Crippen molar-refractivity contribution in [3.05, 3.63) is 75.5 Å². The molecule has 1 amide bonds. The molecule has 0 aliphatic rings. The summed E-state index contributed by atoms with van der Waals surface area (Å²) < 4.78 is 15.5. The first-order valence-corrected chi connectivity index (χ1v) is 10.2. The first-order valence-electron chi connectivity index (χ1n) is 9.31. The van der Waals surface area contributed by atoms with Crippen molar-refractivity contribution in [3.63, 3.8) is 0 Å². The van der Waals surface area contributed by atoms with E-state index in [1.807, 2.05) is 18.4 Å². The number of aryl methyl sites for hydroxylation is 1. The van der Waals surface area contributed by atoms with Gasteiger partial charge in [-0.05, 0) is 54.3 Å². The zero-order valence-corrected chi connectivity index (χ0v) is 18.1. The van der Waals surface area contributed by atoms with E-state index in [2.05, 4.69) is 5.32 Å². The van der Waals surface area contributed by atoms with E-state index in [1.165, 1.54) is 37.7 Å². The molecule has 3 aromatic rings. The predicted molar refractivity (Wildman–Crippen MR) is 118 cm³/mol. The van der Waals surface area contributed by atoms with Crippen LogP contribution in [0, 0.1) is 6.92 Å². The quantitative estimate of drug-likeness (QED) is 0.414. The van der Waals surface area contributed by atoms with Crippen molar-refractivity contribution in [2.24, 2.45) is 0 Å². The van der Waals surface area contributed by atoms with E-state index in [9.17, 15) is 14.4 Å². The van der Waals surface area contributed by atoms with E-state index in [0.717, 1.165) is 5.56 Å². The highest BCUT2D eigenvalue weighted by molar-refractivity contribution is 7.12. The van der Waals surface area contributed by atoms with E-state index >= 15 is 0 Å². The van der Waals surface area contributed by atoms with E-state index in [-0.39, 0.29) is 11.5 Å². The number of carbonyl (C=O) groups excluding carboxylic acids is 3. The predicted octanol–water partition coefficient (Wildman–Crippen LogP) is 4.37. The molecule has 0 atom stereocenters. The van der Waals surface area contributed by atoms with Crippen molar-refractivity contribution in [1.29, 1.82) is 0 Å². The molecule has 0 aliphatic carbocycles. The van der Waals surface area contributed by atoms with Crippen LogP contribution in [-0.2, 0) is 4.74 Å². The fraction of sp³-hybridized carbons (Fsp3) is 0.174. The molecule has 7 nitrogen and oxygen atoms in total. The van der Waals surface area contributed by atoms with Gasteiger partial charge in [0.15, 0.2) is 23.9 Å². The number of methoxy groups -OCH3 is 2. The highest BCUT2D eigenvalue weighted by Crippen LogP contribution is 2.28. The molecule has 0 spiro atoms. The first kappa shape index (κ1) is 22.0. The summed E-state index contributed by atoms with van der Waals surface area (Å²) in [6.07, 6.45) is 0. The smallest absolute Gasteiger partial charge is 0.340 e. The molecule has 0 saturated carbocycles. The summed E-state index contributed by atoms with van der Waals surface area (Å²) in [5.74, 6) is -0.537. The number of esters is 1. The molecule has 1 aromatic heterocycles. The number of para-hydroxylation sites is 1. The number of ketones is 1. The van der Waals surface area contributed by atoms with Crippen molar-refractivity contribution < 1.29 is 28.6 Å². The maximum absolute atomic E-state index is 12.6. The molecule has 0 bridgehead atoms. The summed E-state index contributed by atoms with van der Waals surface area (Å²) in [4.78, 5) is 38.1. The first-order chi connectivity index (χ1) is 14.9. The van der Waals surface area contributed by atoms with Crippen molar-refractivity contribution in [1.82, 2.24) is 0 Å². The molecule has 8 heteroatoms. The monoisotopic (exact) mass is 439 g/mol. The minimum atomic E-state index is -0.715. The van der Waals surface area contributed by atoms with Gasteiger partial charge in [-0.1, -0.05) is 12.1 Å². The Kier molecular flexibility index (Phi) is 7.04. The lowest BCUT2D eigenvalue weighted by atomic mass is 10.1. The summed E-state index contributed by atoms with van der Waals surface area (Å²) in [6.45, 7) is 1.38. The second-order valence-electron chi connectivity index (χ2n) is 6.50. The number of benzene rings is 2. The average Bonchev–Trinajstić information content (AvgIpc) is 3.23. The summed E-state index contributed by atoms with van der Waals surface area (Å²) in [6, 6.07) is 13.0. The van der Waals surface area contributed by atoms with Crippen molar-refractivity contribution in [3.8, 4) is 11.5 Å². The number of anilines is 1. The van der Waals surface area contributed by atoms with Crippen LogP contribution >= 0.6 is 11.3 Å². The number of hydrogen-bond donors (Lipinski definition) is 1. The molecule has 0 radical (unpaired) electrons. The molecular formula is C23H21NO6S. The SMILES string of the molecule is COc1ccc(C(=O)COC(=O)c2ccccc2NC(=O)c2sccc2C)cc1OC. The second kappa shape index (κ2) is 9.90. The van der Waals surface area contributed by atoms with Gasteiger partial charge in [0.05, 0.1) is 30.3 Å². The minimum absolute atomic E-state index is 0.158. The molecule has 0 aliphatic heterocycles. The van der Waals surface area contributed by atoms with Gasteiger partial charge >= 0.3 is 5.97 Å². The highest BCUT2D eigenvalue weighted by Gasteiger charge is 2.19. The Morgan fingerprint density at radius 3 is 2.39 bits per heavy atom. The molecule has 0 fully saturated rings. The van der Waals surface area contributed by atoms with Crippen LogP contribution in [0.25, 0.3) is 0 Å². The van der Waals surface area contributed by atoms with Gasteiger partial charge in [0.2, 0.25) is 0 Å². The standard InChI is InChI=1S/C23H21NO6S/c1-14-10-11-31-21(14)22(26)24-17-7-5-4-6-16(17)23(27)30-13-18(25)15-8-9-19(28-2)20(12-15)29-3/h4-12H,13H2,1-3H3,(H,24,26). The number of thiophene rings is 1. The van der Waals surface area contributed by atoms with Crippen LogP contribution in [0.4, 0.5) is 5.69 Å². The lowest BCUT2D eigenvalue weighted by Crippen LogP contribution is -2.18. The summed E-state index contributed by atoms with van der Waals surface area (Å²) in [7, 11) is 2.96. The van der Waals surface area contributed by atoms with Crippen LogP contribution in [0.3, 0.4) is 0 Å². The van der Waals surface area contributed by atoms with Gasteiger partial charge in [-0.25, -0.2) is 4.79 Å². The number of hydrogen-bond acceptors (Lipinski definition) is 7. The summed E-state index contributed by atoms with van der Waals surface area (Å²) >= 11 is 1.32. The van der Waals surface area contributed by atoms with Crippen LogP contribution in [0.2, 0.25) is 0 Å². The average molecular weight is 439 g/mol. The fourth-order valence-corrected chi connectivity index (χ4v) is 3.68. The molecule has 1 N–H and O–H groups in total. The van der Waals surface area contributed by atoms with Crippen molar-refractivity contribution >= 4 is 34.7 Å². The fourth-order valence-electron chi connectivity index (χ4n) is 2.86. The molecular weight excluding hydrogens is 418 g/mol. The van der Waals surface area contributed by atoms with Crippen LogP contribution in [0.15, 0.2) is 53.9 Å². The molecule has 0 saturated heterocycles. The van der Waals surface area contributed by atoms with Crippen molar-refractivity contribution in [2.75, 3.05) is 26.1 Å². The van der Waals surface area contributed by atoms with Gasteiger partial charge in [-0.15, -0.1) is 11.3 Å². The van der Waals surface area contributed by atoms with Crippen LogP contribution in [0.5, 0.6) is 11.5 Å². The molecule has 160 valence electrons. The maximum Gasteiger partial charge on any atom is 0.340 e. The molecule has 3 rings (SSSR count). The van der Waals surface area contributed by atoms with Gasteiger partial charge in [-0.2, -0.15) is 0 Å². The topological polar surface area (TPSA) is 90.9 Å². The molecule has 0 unspecified atom stereocenters.